The van der Waals surface area contributed by atoms with E-state index in [0.717, 1.165) is 37.1 Å². The number of aromatic nitrogens is 3. The highest BCUT2D eigenvalue weighted by molar-refractivity contribution is 7.99. The van der Waals surface area contributed by atoms with E-state index < -0.39 is 0 Å². The number of hydrogen-bond acceptors (Lipinski definition) is 5. The average Bonchev–Trinajstić information content (AvgIpc) is 3.15. The van der Waals surface area contributed by atoms with Crippen LogP contribution in [0.2, 0.25) is 0 Å². The molecule has 1 saturated heterocycles. The van der Waals surface area contributed by atoms with Gasteiger partial charge < -0.3 is 9.64 Å². The quantitative estimate of drug-likeness (QED) is 0.800. The first kappa shape index (κ1) is 17.8. The van der Waals surface area contributed by atoms with Crippen molar-refractivity contribution in [1.82, 2.24) is 20.1 Å². The Balaban J connectivity index is 1.58. The summed E-state index contributed by atoms with van der Waals surface area (Å²) >= 11 is 1.39. The fraction of sp³-hybridized carbons (Fsp3) is 0.500. The molecule has 2 aromatic rings. The number of methoxy groups -OCH3 is 1. The molecule has 134 valence electrons. The van der Waals surface area contributed by atoms with E-state index in [1.165, 1.54) is 18.2 Å². The molecule has 1 aromatic carbocycles. The predicted molar refractivity (Wildman–Crippen MR) is 98.7 cm³/mol. The van der Waals surface area contributed by atoms with Gasteiger partial charge in [0.1, 0.15) is 5.75 Å². The number of carbonyl (C=O) groups is 1. The van der Waals surface area contributed by atoms with Gasteiger partial charge in [0.2, 0.25) is 11.1 Å². The maximum Gasteiger partial charge on any atom is 0.233 e. The number of piperidine rings is 1. The molecule has 0 radical (unpaired) electrons. The van der Waals surface area contributed by atoms with Crippen LogP contribution in [0.15, 0.2) is 29.4 Å². The van der Waals surface area contributed by atoms with Gasteiger partial charge in [0.05, 0.1) is 12.9 Å². The molecule has 0 aliphatic carbocycles. The monoisotopic (exact) mass is 360 g/mol. The average molecular weight is 360 g/mol. The van der Waals surface area contributed by atoms with E-state index in [-0.39, 0.29) is 5.91 Å². The number of nitrogens with one attached hydrogen (secondary N) is 1. The standard InChI is InChI=1S/C18H24N4O2S/c1-3-14-6-4-5-11-22(14)16(23)12-25-18-19-17(20-21-18)13-7-9-15(24-2)10-8-13/h7-10,14H,3-6,11-12H2,1-2H3,(H,19,20,21). The summed E-state index contributed by atoms with van der Waals surface area (Å²) in [4.78, 5) is 19.0. The first-order valence-electron chi connectivity index (χ1n) is 8.70. The van der Waals surface area contributed by atoms with Crippen molar-refractivity contribution in [2.75, 3.05) is 19.4 Å². The van der Waals surface area contributed by atoms with Crippen LogP contribution in [0.3, 0.4) is 0 Å². The molecular weight excluding hydrogens is 336 g/mol. The molecule has 1 aromatic heterocycles. The molecule has 25 heavy (non-hydrogen) atoms. The number of nitrogens with zero attached hydrogens (tertiary/aromatic N) is 3. The lowest BCUT2D eigenvalue weighted by molar-refractivity contribution is -0.132. The number of rotatable bonds is 6. The van der Waals surface area contributed by atoms with Gasteiger partial charge in [0, 0.05) is 18.2 Å². The van der Waals surface area contributed by atoms with E-state index in [1.54, 1.807) is 7.11 Å². The second-order valence-corrected chi connectivity index (χ2v) is 7.07. The highest BCUT2D eigenvalue weighted by Gasteiger charge is 2.25. The topological polar surface area (TPSA) is 71.1 Å². The van der Waals surface area contributed by atoms with E-state index >= 15 is 0 Å². The summed E-state index contributed by atoms with van der Waals surface area (Å²) in [5, 5.41) is 7.75. The Morgan fingerprint density at radius 3 is 2.88 bits per heavy atom. The van der Waals surface area contributed by atoms with Crippen molar-refractivity contribution in [2.45, 2.75) is 43.8 Å². The SMILES string of the molecule is CCC1CCCCN1C(=O)CSc1n[nH]c(-c2ccc(OC)cc2)n1. The van der Waals surface area contributed by atoms with Gasteiger partial charge in [0.25, 0.3) is 0 Å². The van der Waals surface area contributed by atoms with Crippen molar-refractivity contribution in [3.63, 3.8) is 0 Å². The van der Waals surface area contributed by atoms with Crippen LogP contribution in [-0.4, -0.2) is 51.4 Å². The lowest BCUT2D eigenvalue weighted by Crippen LogP contribution is -2.44. The summed E-state index contributed by atoms with van der Waals surface area (Å²) < 4.78 is 5.16. The molecule has 1 N–H and O–H groups in total. The van der Waals surface area contributed by atoms with Gasteiger partial charge in [-0.1, -0.05) is 18.7 Å². The predicted octanol–water partition coefficient (Wildman–Crippen LogP) is 3.36. The molecule has 1 atom stereocenters. The number of hydrogen-bond donors (Lipinski definition) is 1. The van der Waals surface area contributed by atoms with Gasteiger partial charge in [-0.3, -0.25) is 9.89 Å². The van der Waals surface area contributed by atoms with Crippen molar-refractivity contribution in [2.24, 2.45) is 0 Å². The molecule has 0 saturated carbocycles. The van der Waals surface area contributed by atoms with Crippen LogP contribution in [-0.2, 0) is 4.79 Å². The highest BCUT2D eigenvalue weighted by atomic mass is 32.2. The van der Waals surface area contributed by atoms with Crippen molar-refractivity contribution in [3.8, 4) is 17.1 Å². The molecule has 1 fully saturated rings. The lowest BCUT2D eigenvalue weighted by Gasteiger charge is -2.35. The van der Waals surface area contributed by atoms with E-state index in [2.05, 4.69) is 22.1 Å². The number of likely N-dealkylation sites (tertiary alicyclic amines) is 1. The third-order valence-corrected chi connectivity index (χ3v) is 5.40. The minimum atomic E-state index is 0.187. The third kappa shape index (κ3) is 4.34. The van der Waals surface area contributed by atoms with Crippen LogP contribution < -0.4 is 4.74 Å². The lowest BCUT2D eigenvalue weighted by atomic mass is 10.0. The zero-order chi connectivity index (χ0) is 17.6. The molecule has 0 spiro atoms. The molecular formula is C18H24N4O2S. The van der Waals surface area contributed by atoms with E-state index in [1.807, 2.05) is 29.2 Å². The molecule has 1 aliphatic rings. The first-order valence-corrected chi connectivity index (χ1v) is 9.69. The molecule has 0 bridgehead atoms. The summed E-state index contributed by atoms with van der Waals surface area (Å²) in [6.07, 6.45) is 4.48. The van der Waals surface area contributed by atoms with Gasteiger partial charge in [-0.2, -0.15) is 0 Å². The zero-order valence-corrected chi connectivity index (χ0v) is 15.5. The molecule has 1 aliphatic heterocycles. The maximum atomic E-state index is 12.5. The summed E-state index contributed by atoms with van der Waals surface area (Å²) in [5.74, 6) is 2.07. The van der Waals surface area contributed by atoms with Crippen LogP contribution in [0.4, 0.5) is 0 Å². The van der Waals surface area contributed by atoms with Crippen molar-refractivity contribution in [1.29, 1.82) is 0 Å². The molecule has 1 unspecified atom stereocenters. The van der Waals surface area contributed by atoms with Gasteiger partial charge in [0.15, 0.2) is 5.82 Å². The number of carbonyl (C=O) groups excluding carboxylic acids is 1. The maximum absolute atomic E-state index is 12.5. The minimum Gasteiger partial charge on any atom is -0.497 e. The Morgan fingerprint density at radius 1 is 1.36 bits per heavy atom. The smallest absolute Gasteiger partial charge is 0.233 e. The Hall–Kier alpha value is -2.02. The normalized spacial score (nSPS) is 17.5. The fourth-order valence-electron chi connectivity index (χ4n) is 3.15. The number of benzene rings is 1. The number of thioether (sulfide) groups is 1. The van der Waals surface area contributed by atoms with Crippen molar-refractivity contribution in [3.05, 3.63) is 24.3 Å². The third-order valence-electron chi connectivity index (χ3n) is 4.57. The molecule has 2 heterocycles. The number of H-pyrrole nitrogens is 1. The van der Waals surface area contributed by atoms with E-state index in [9.17, 15) is 4.79 Å². The molecule has 3 rings (SSSR count). The Morgan fingerprint density at radius 2 is 2.16 bits per heavy atom. The van der Waals surface area contributed by atoms with Gasteiger partial charge >= 0.3 is 0 Å². The number of amides is 1. The van der Waals surface area contributed by atoms with Gasteiger partial charge in [-0.25, -0.2) is 4.98 Å². The number of ether oxygens (including phenoxy) is 1. The van der Waals surface area contributed by atoms with E-state index in [4.69, 9.17) is 4.74 Å². The molecule has 1 amide bonds. The largest absolute Gasteiger partial charge is 0.497 e. The van der Waals surface area contributed by atoms with Crippen LogP contribution in [0.1, 0.15) is 32.6 Å². The molecule has 6 nitrogen and oxygen atoms in total. The van der Waals surface area contributed by atoms with Crippen LogP contribution in [0, 0.1) is 0 Å². The van der Waals surface area contributed by atoms with Crippen molar-refractivity contribution < 1.29 is 9.53 Å². The Kier molecular flexibility index (Phi) is 5.96. The van der Waals surface area contributed by atoms with Gasteiger partial charge in [-0.05, 0) is 49.9 Å². The van der Waals surface area contributed by atoms with Crippen LogP contribution in [0.25, 0.3) is 11.4 Å². The second kappa shape index (κ2) is 8.38. The summed E-state index contributed by atoms with van der Waals surface area (Å²) in [6, 6.07) is 8.02. The van der Waals surface area contributed by atoms with Crippen molar-refractivity contribution >= 4 is 17.7 Å². The zero-order valence-electron chi connectivity index (χ0n) is 14.7. The first-order chi connectivity index (χ1) is 12.2. The minimum absolute atomic E-state index is 0.187. The number of aromatic amines is 1. The summed E-state index contributed by atoms with van der Waals surface area (Å²) in [7, 11) is 1.64. The summed E-state index contributed by atoms with van der Waals surface area (Å²) in [6.45, 7) is 3.03. The molecule has 7 heteroatoms. The van der Waals surface area contributed by atoms with E-state index in [0.29, 0.717) is 22.8 Å². The van der Waals surface area contributed by atoms with Crippen LogP contribution >= 0.6 is 11.8 Å². The second-order valence-electron chi connectivity index (χ2n) is 6.13. The Bertz CT molecular complexity index is 701. The Labute approximate surface area is 152 Å². The fourth-order valence-corrected chi connectivity index (χ4v) is 3.84. The highest BCUT2D eigenvalue weighted by Crippen LogP contribution is 2.24. The van der Waals surface area contributed by atoms with Crippen LogP contribution in [0.5, 0.6) is 5.75 Å². The summed E-state index contributed by atoms with van der Waals surface area (Å²) in [5.41, 5.74) is 0.938. The van der Waals surface area contributed by atoms with Gasteiger partial charge in [-0.15, -0.1) is 5.10 Å².